The van der Waals surface area contributed by atoms with Gasteiger partial charge < -0.3 is 10.6 Å². The summed E-state index contributed by atoms with van der Waals surface area (Å²) in [7, 11) is 0. The second-order valence-corrected chi connectivity index (χ2v) is 6.33. The van der Waals surface area contributed by atoms with Gasteiger partial charge >= 0.3 is 6.03 Å². The van der Waals surface area contributed by atoms with Crippen LogP contribution in [0, 0.1) is 24.2 Å². The molecule has 1 aromatic rings. The van der Waals surface area contributed by atoms with E-state index < -0.39 is 5.54 Å². The van der Waals surface area contributed by atoms with E-state index in [1.165, 1.54) is 0 Å². The highest BCUT2D eigenvalue weighted by molar-refractivity contribution is 6.31. The van der Waals surface area contributed by atoms with Crippen LogP contribution in [0.3, 0.4) is 0 Å². The average molecular weight is 306 g/mol. The highest BCUT2D eigenvalue weighted by atomic mass is 35.5. The van der Waals surface area contributed by atoms with Gasteiger partial charge in [-0.3, -0.25) is 0 Å². The van der Waals surface area contributed by atoms with Crippen LogP contribution in [0.5, 0.6) is 0 Å². The second kappa shape index (κ2) is 6.36. The van der Waals surface area contributed by atoms with Crippen LogP contribution in [0.4, 0.5) is 10.5 Å². The predicted molar refractivity (Wildman–Crippen MR) is 84.3 cm³/mol. The second-order valence-electron chi connectivity index (χ2n) is 5.92. The Kier molecular flexibility index (Phi) is 4.74. The number of urea groups is 1. The summed E-state index contributed by atoms with van der Waals surface area (Å²) in [6.45, 7) is 4.08. The van der Waals surface area contributed by atoms with Crippen molar-refractivity contribution in [3.8, 4) is 6.07 Å². The fourth-order valence-corrected chi connectivity index (χ4v) is 2.75. The van der Waals surface area contributed by atoms with E-state index in [9.17, 15) is 10.1 Å². The van der Waals surface area contributed by atoms with Crippen LogP contribution < -0.4 is 10.6 Å². The van der Waals surface area contributed by atoms with E-state index in [0.717, 1.165) is 18.4 Å². The average Bonchev–Trinajstić information content (AvgIpc) is 2.46. The highest BCUT2D eigenvalue weighted by Crippen LogP contribution is 2.31. The maximum absolute atomic E-state index is 12.1. The Morgan fingerprint density at radius 3 is 2.67 bits per heavy atom. The number of carbonyl (C=O) groups excluding carboxylic acids is 1. The van der Waals surface area contributed by atoms with Gasteiger partial charge in [-0.2, -0.15) is 5.26 Å². The molecular weight excluding hydrogens is 286 g/mol. The molecule has 1 aliphatic carbocycles. The number of hydrogen-bond acceptors (Lipinski definition) is 2. The molecule has 2 amide bonds. The number of anilines is 1. The van der Waals surface area contributed by atoms with Crippen molar-refractivity contribution >= 4 is 23.3 Å². The Morgan fingerprint density at radius 1 is 1.43 bits per heavy atom. The van der Waals surface area contributed by atoms with Gasteiger partial charge in [-0.1, -0.05) is 24.6 Å². The van der Waals surface area contributed by atoms with Crippen molar-refractivity contribution in [3.63, 3.8) is 0 Å². The monoisotopic (exact) mass is 305 g/mol. The third-order valence-corrected chi connectivity index (χ3v) is 4.53. The summed E-state index contributed by atoms with van der Waals surface area (Å²) in [4.78, 5) is 12.1. The smallest absolute Gasteiger partial charge is 0.319 e. The first-order chi connectivity index (χ1) is 9.94. The molecule has 0 atom stereocenters. The Bertz CT molecular complexity index is 571. The van der Waals surface area contributed by atoms with E-state index in [4.69, 9.17) is 11.6 Å². The number of rotatable bonds is 2. The molecule has 0 saturated heterocycles. The number of benzene rings is 1. The molecule has 5 heteroatoms. The fraction of sp³-hybridized carbons (Fsp3) is 0.500. The maximum Gasteiger partial charge on any atom is 0.320 e. The Morgan fingerprint density at radius 2 is 2.10 bits per heavy atom. The molecule has 112 valence electrons. The fourth-order valence-electron chi connectivity index (χ4n) is 2.57. The summed E-state index contributed by atoms with van der Waals surface area (Å²) in [6, 6.07) is 7.27. The Hall–Kier alpha value is -1.73. The van der Waals surface area contributed by atoms with Crippen LogP contribution in [-0.2, 0) is 0 Å². The van der Waals surface area contributed by atoms with Gasteiger partial charge in [-0.25, -0.2) is 4.79 Å². The molecule has 0 heterocycles. The zero-order valence-electron chi connectivity index (χ0n) is 12.4. The Labute approximate surface area is 130 Å². The quantitative estimate of drug-likeness (QED) is 0.858. The van der Waals surface area contributed by atoms with Crippen molar-refractivity contribution < 1.29 is 4.79 Å². The van der Waals surface area contributed by atoms with E-state index in [1.807, 2.05) is 13.0 Å². The van der Waals surface area contributed by atoms with E-state index in [1.54, 1.807) is 12.1 Å². The van der Waals surface area contributed by atoms with Gasteiger partial charge in [-0.05, 0) is 56.2 Å². The highest BCUT2D eigenvalue weighted by Gasteiger charge is 2.35. The van der Waals surface area contributed by atoms with Gasteiger partial charge in [0, 0.05) is 10.7 Å². The first-order valence-electron chi connectivity index (χ1n) is 7.21. The van der Waals surface area contributed by atoms with Crippen molar-refractivity contribution in [1.82, 2.24) is 5.32 Å². The minimum absolute atomic E-state index is 0.356. The van der Waals surface area contributed by atoms with Gasteiger partial charge in [0.2, 0.25) is 0 Å². The number of aryl methyl sites for hydroxylation is 1. The molecule has 0 bridgehead atoms. The van der Waals surface area contributed by atoms with Crippen molar-refractivity contribution in [3.05, 3.63) is 28.8 Å². The third kappa shape index (κ3) is 3.89. The molecule has 1 saturated carbocycles. The number of carbonyl (C=O) groups is 1. The summed E-state index contributed by atoms with van der Waals surface area (Å²) >= 11 is 6.04. The molecule has 0 unspecified atom stereocenters. The van der Waals surface area contributed by atoms with Crippen LogP contribution >= 0.6 is 11.6 Å². The number of hydrogen-bond donors (Lipinski definition) is 2. The number of nitrogens with zero attached hydrogens (tertiary/aromatic N) is 1. The lowest BCUT2D eigenvalue weighted by atomic mass is 9.78. The van der Waals surface area contributed by atoms with E-state index in [2.05, 4.69) is 23.6 Å². The van der Waals surface area contributed by atoms with Crippen LogP contribution in [0.1, 0.15) is 38.2 Å². The first-order valence-corrected chi connectivity index (χ1v) is 7.58. The zero-order valence-corrected chi connectivity index (χ0v) is 13.1. The maximum atomic E-state index is 12.1. The molecule has 1 aliphatic rings. The van der Waals surface area contributed by atoms with Crippen LogP contribution in [0.25, 0.3) is 0 Å². The molecule has 1 aromatic carbocycles. The van der Waals surface area contributed by atoms with Gasteiger partial charge in [0.15, 0.2) is 0 Å². The molecule has 1 fully saturated rings. The largest absolute Gasteiger partial charge is 0.320 e. The molecule has 21 heavy (non-hydrogen) atoms. The predicted octanol–water partition coefficient (Wildman–Crippen LogP) is 4.24. The lowest BCUT2D eigenvalue weighted by molar-refractivity contribution is 0.222. The molecule has 2 N–H and O–H groups in total. The van der Waals surface area contributed by atoms with Gasteiger partial charge in [0.05, 0.1) is 6.07 Å². The minimum Gasteiger partial charge on any atom is -0.319 e. The van der Waals surface area contributed by atoms with Gasteiger partial charge in [-0.15, -0.1) is 0 Å². The summed E-state index contributed by atoms with van der Waals surface area (Å²) in [5.41, 5.74) is 0.836. The standard InChI is InChI=1S/C16H20ClN3O/c1-11-5-7-16(10-18,8-6-11)20-15(21)19-13-4-3-12(2)14(17)9-13/h3-4,9,11H,5-8H2,1-2H3,(H2,19,20,21). The van der Waals surface area contributed by atoms with Gasteiger partial charge in [0.1, 0.15) is 5.54 Å². The number of nitrogens with one attached hydrogen (secondary N) is 2. The van der Waals surface area contributed by atoms with Crippen molar-refractivity contribution in [2.45, 2.75) is 45.1 Å². The summed E-state index contributed by atoms with van der Waals surface area (Å²) < 4.78 is 0. The summed E-state index contributed by atoms with van der Waals surface area (Å²) in [5, 5.41) is 15.6. The topological polar surface area (TPSA) is 64.9 Å². The van der Waals surface area contributed by atoms with Crippen LogP contribution in [0.2, 0.25) is 5.02 Å². The van der Waals surface area contributed by atoms with Crippen LogP contribution in [-0.4, -0.2) is 11.6 Å². The molecule has 0 spiro atoms. The van der Waals surface area contributed by atoms with E-state index in [0.29, 0.717) is 29.5 Å². The third-order valence-electron chi connectivity index (χ3n) is 4.12. The zero-order chi connectivity index (χ0) is 15.5. The summed E-state index contributed by atoms with van der Waals surface area (Å²) in [6.07, 6.45) is 3.33. The number of nitriles is 1. The van der Waals surface area contributed by atoms with E-state index in [-0.39, 0.29) is 6.03 Å². The minimum atomic E-state index is -0.745. The lowest BCUT2D eigenvalue weighted by Crippen LogP contribution is -2.51. The van der Waals surface area contributed by atoms with E-state index >= 15 is 0 Å². The van der Waals surface area contributed by atoms with Crippen molar-refractivity contribution in [1.29, 1.82) is 5.26 Å². The van der Waals surface area contributed by atoms with Crippen molar-refractivity contribution in [2.24, 2.45) is 5.92 Å². The molecular formula is C16H20ClN3O. The molecule has 0 radical (unpaired) electrons. The first kappa shape index (κ1) is 15.7. The van der Waals surface area contributed by atoms with Crippen LogP contribution in [0.15, 0.2) is 18.2 Å². The normalized spacial score (nSPS) is 25.0. The molecule has 4 nitrogen and oxygen atoms in total. The Balaban J connectivity index is 2.00. The SMILES string of the molecule is Cc1ccc(NC(=O)NC2(C#N)CCC(C)CC2)cc1Cl. The number of halogens is 1. The summed E-state index contributed by atoms with van der Waals surface area (Å²) in [5.74, 6) is 0.618. The lowest BCUT2D eigenvalue weighted by Gasteiger charge is -2.34. The number of amides is 2. The molecule has 2 rings (SSSR count). The van der Waals surface area contributed by atoms with Gasteiger partial charge in [0.25, 0.3) is 0 Å². The molecule has 0 aromatic heterocycles. The molecule has 0 aliphatic heterocycles. The van der Waals surface area contributed by atoms with Crippen molar-refractivity contribution in [2.75, 3.05) is 5.32 Å².